The van der Waals surface area contributed by atoms with Crippen LogP contribution in [0, 0.1) is 0 Å². The van der Waals surface area contributed by atoms with E-state index in [1.807, 2.05) is 6.07 Å². The molecular weight excluding hydrogens is 232 g/mol. The largest absolute Gasteiger partial charge is 0.381 e. The molecule has 3 heterocycles. The van der Waals surface area contributed by atoms with E-state index in [-0.39, 0.29) is 5.92 Å². The van der Waals surface area contributed by atoms with Gasteiger partial charge in [-0.15, -0.1) is 0 Å². The van der Waals surface area contributed by atoms with Gasteiger partial charge in [0.15, 0.2) is 11.5 Å². The van der Waals surface area contributed by atoms with Crippen LogP contribution >= 0.6 is 0 Å². The van der Waals surface area contributed by atoms with Gasteiger partial charge in [-0.25, -0.2) is 0 Å². The van der Waals surface area contributed by atoms with Crippen LogP contribution in [0.3, 0.4) is 0 Å². The Morgan fingerprint density at radius 1 is 1.22 bits per heavy atom. The van der Waals surface area contributed by atoms with E-state index in [1.54, 1.807) is 0 Å². The fraction of sp³-hybridized carbons (Fsp3) is 0.583. The van der Waals surface area contributed by atoms with E-state index in [2.05, 4.69) is 20.3 Å². The highest BCUT2D eigenvalue weighted by molar-refractivity contribution is 5.47. The maximum Gasteiger partial charge on any atom is 0.278 e. The number of hydrogen-bond acceptors (Lipinski definition) is 5. The summed E-state index contributed by atoms with van der Waals surface area (Å²) in [7, 11) is 0. The molecule has 0 spiro atoms. The lowest BCUT2D eigenvalue weighted by atomic mass is 10.1. The number of nitrogens with zero attached hydrogens (tertiary/aromatic N) is 3. The van der Waals surface area contributed by atoms with E-state index in [4.69, 9.17) is 9.26 Å². The molecule has 1 aliphatic heterocycles. The molecule has 1 atom stereocenters. The smallest absolute Gasteiger partial charge is 0.278 e. The van der Waals surface area contributed by atoms with Crippen molar-refractivity contribution in [1.29, 1.82) is 0 Å². The molecule has 1 saturated heterocycles. The molecule has 1 N–H and O–H groups in total. The monoisotopic (exact) mass is 246 g/mol. The van der Waals surface area contributed by atoms with Gasteiger partial charge in [0.25, 0.3) is 5.89 Å². The van der Waals surface area contributed by atoms with Gasteiger partial charge in [-0.3, -0.25) is 5.10 Å². The van der Waals surface area contributed by atoms with Crippen LogP contribution in [0.1, 0.15) is 42.6 Å². The highest BCUT2D eigenvalue weighted by Gasteiger charge is 2.27. The summed E-state index contributed by atoms with van der Waals surface area (Å²) in [5.74, 6) is 2.15. The average Bonchev–Trinajstić information content (AvgIpc) is 2.91. The minimum atomic E-state index is 0.268. The number of aromatic nitrogens is 4. The zero-order valence-electron chi connectivity index (χ0n) is 9.93. The topological polar surface area (TPSA) is 76.8 Å². The van der Waals surface area contributed by atoms with Gasteiger partial charge in [-0.05, 0) is 25.3 Å². The van der Waals surface area contributed by atoms with Crippen molar-refractivity contribution in [2.24, 2.45) is 0 Å². The number of hydrogen-bond donors (Lipinski definition) is 1. The zero-order valence-corrected chi connectivity index (χ0v) is 9.93. The summed E-state index contributed by atoms with van der Waals surface area (Å²) >= 11 is 0. The summed E-state index contributed by atoms with van der Waals surface area (Å²) in [4.78, 5) is 4.42. The maximum absolute atomic E-state index is 5.33. The van der Waals surface area contributed by atoms with Crippen LogP contribution < -0.4 is 0 Å². The molecule has 1 aliphatic carbocycles. The van der Waals surface area contributed by atoms with Gasteiger partial charge in [0.05, 0.1) is 6.61 Å². The summed E-state index contributed by atoms with van der Waals surface area (Å²) in [5, 5.41) is 11.3. The van der Waals surface area contributed by atoms with Crippen molar-refractivity contribution < 1.29 is 9.26 Å². The minimum Gasteiger partial charge on any atom is -0.381 e. The van der Waals surface area contributed by atoms with Crippen LogP contribution in [0.2, 0.25) is 0 Å². The Balaban J connectivity index is 1.59. The van der Waals surface area contributed by atoms with Crippen LogP contribution in [-0.2, 0) is 4.74 Å². The van der Waals surface area contributed by atoms with Gasteiger partial charge in [0, 0.05) is 24.1 Å². The lowest BCUT2D eigenvalue weighted by Crippen LogP contribution is -1.99. The third-order valence-corrected chi connectivity index (χ3v) is 3.57. The Morgan fingerprint density at radius 3 is 2.94 bits per heavy atom. The second kappa shape index (κ2) is 3.91. The van der Waals surface area contributed by atoms with Gasteiger partial charge < -0.3 is 9.26 Å². The molecule has 2 fully saturated rings. The lowest BCUT2D eigenvalue weighted by Gasteiger charge is -1.97. The van der Waals surface area contributed by atoms with Crippen LogP contribution in [0.25, 0.3) is 11.6 Å². The standard InChI is InChI=1S/C12H14N4O2/c1-2-7(1)9-5-10(15-14-9)12-13-11(16-18-12)8-3-4-17-6-8/h5,7-8H,1-4,6H2,(H,14,15)/t8-/m0/s1. The zero-order chi connectivity index (χ0) is 11.9. The first kappa shape index (κ1) is 10.3. The summed E-state index contributed by atoms with van der Waals surface area (Å²) in [5.41, 5.74) is 1.92. The molecule has 4 rings (SSSR count). The fourth-order valence-electron chi connectivity index (χ4n) is 2.29. The third-order valence-electron chi connectivity index (χ3n) is 3.57. The van der Waals surface area contributed by atoms with Gasteiger partial charge in [0.2, 0.25) is 0 Å². The van der Waals surface area contributed by atoms with Crippen molar-refractivity contribution in [2.45, 2.75) is 31.1 Å². The molecule has 0 radical (unpaired) electrons. The second-order valence-corrected chi connectivity index (χ2v) is 5.00. The van der Waals surface area contributed by atoms with Crippen molar-refractivity contribution in [3.8, 4) is 11.6 Å². The minimum absolute atomic E-state index is 0.268. The van der Waals surface area contributed by atoms with Crippen molar-refractivity contribution in [3.05, 3.63) is 17.6 Å². The molecule has 94 valence electrons. The number of aromatic amines is 1. The third kappa shape index (κ3) is 1.73. The normalized spacial score (nSPS) is 23.7. The Labute approximate surface area is 104 Å². The molecule has 1 saturated carbocycles. The first-order valence-electron chi connectivity index (χ1n) is 6.37. The maximum atomic E-state index is 5.33. The Hall–Kier alpha value is -1.69. The number of ether oxygens (including phenoxy) is 1. The molecule has 0 unspecified atom stereocenters. The molecule has 18 heavy (non-hydrogen) atoms. The molecule has 2 aromatic rings. The number of nitrogens with one attached hydrogen (secondary N) is 1. The fourth-order valence-corrected chi connectivity index (χ4v) is 2.29. The van der Waals surface area contributed by atoms with Crippen LogP contribution in [0.4, 0.5) is 0 Å². The molecule has 2 aromatic heterocycles. The molecule has 0 bridgehead atoms. The van der Waals surface area contributed by atoms with Crippen molar-refractivity contribution in [2.75, 3.05) is 13.2 Å². The van der Waals surface area contributed by atoms with Gasteiger partial charge >= 0.3 is 0 Å². The summed E-state index contributed by atoms with van der Waals surface area (Å²) in [6.07, 6.45) is 3.46. The first-order valence-corrected chi connectivity index (χ1v) is 6.37. The number of rotatable bonds is 3. The van der Waals surface area contributed by atoms with Crippen molar-refractivity contribution in [3.63, 3.8) is 0 Å². The predicted molar refractivity (Wildman–Crippen MR) is 62.0 cm³/mol. The van der Waals surface area contributed by atoms with E-state index >= 15 is 0 Å². The first-order chi connectivity index (χ1) is 8.90. The molecular formula is C12H14N4O2. The molecule has 6 heteroatoms. The van der Waals surface area contributed by atoms with Crippen LogP contribution in [-0.4, -0.2) is 33.6 Å². The lowest BCUT2D eigenvalue weighted by molar-refractivity contribution is 0.192. The molecule has 2 aliphatic rings. The van der Waals surface area contributed by atoms with Crippen molar-refractivity contribution >= 4 is 0 Å². The molecule has 0 aromatic carbocycles. The van der Waals surface area contributed by atoms with Crippen LogP contribution in [0.5, 0.6) is 0 Å². The van der Waals surface area contributed by atoms with Crippen molar-refractivity contribution in [1.82, 2.24) is 20.3 Å². The van der Waals surface area contributed by atoms with E-state index in [0.717, 1.165) is 24.5 Å². The summed E-state index contributed by atoms with van der Waals surface area (Å²) in [6.45, 7) is 1.47. The molecule has 6 nitrogen and oxygen atoms in total. The van der Waals surface area contributed by atoms with E-state index in [0.29, 0.717) is 18.4 Å². The van der Waals surface area contributed by atoms with Gasteiger partial charge in [-0.2, -0.15) is 10.1 Å². The quantitative estimate of drug-likeness (QED) is 0.894. The second-order valence-electron chi connectivity index (χ2n) is 5.00. The van der Waals surface area contributed by atoms with E-state index < -0.39 is 0 Å². The summed E-state index contributed by atoms with van der Waals surface area (Å²) in [6, 6.07) is 2.01. The number of H-pyrrole nitrogens is 1. The summed E-state index contributed by atoms with van der Waals surface area (Å²) < 4.78 is 10.6. The molecule has 0 amide bonds. The Kier molecular flexibility index (Phi) is 2.23. The van der Waals surface area contributed by atoms with Gasteiger partial charge in [0.1, 0.15) is 0 Å². The highest BCUT2D eigenvalue weighted by Crippen LogP contribution is 2.39. The highest BCUT2D eigenvalue weighted by atomic mass is 16.5. The predicted octanol–water partition coefficient (Wildman–Crippen LogP) is 1.84. The van der Waals surface area contributed by atoms with E-state index in [9.17, 15) is 0 Å². The van der Waals surface area contributed by atoms with Gasteiger partial charge in [-0.1, -0.05) is 5.16 Å². The Bertz CT molecular complexity index is 552. The van der Waals surface area contributed by atoms with E-state index in [1.165, 1.54) is 18.5 Å². The Morgan fingerprint density at radius 2 is 2.17 bits per heavy atom. The van der Waals surface area contributed by atoms with Crippen LogP contribution in [0.15, 0.2) is 10.6 Å². The SMILES string of the molecule is c1c(-c2nc([C@H]3CCOC3)no2)n[nH]c1C1CC1. The average molecular weight is 246 g/mol.